The Hall–Kier alpha value is -1.60. The third-order valence-corrected chi connectivity index (χ3v) is 6.00. The number of nitrogens with zero attached hydrogens (tertiary/aromatic N) is 1. The number of hydrogen-bond acceptors (Lipinski definition) is 4. The zero-order valence-electron chi connectivity index (χ0n) is 16.3. The van der Waals surface area contributed by atoms with Crippen LogP contribution in [0, 0.1) is 17.8 Å². The number of rotatable bonds is 6. The van der Waals surface area contributed by atoms with Crippen molar-refractivity contribution in [2.75, 3.05) is 14.2 Å². The van der Waals surface area contributed by atoms with E-state index < -0.39 is 6.61 Å². The molecule has 158 valence electrons. The molecule has 2 N–H and O–H groups in total. The van der Waals surface area contributed by atoms with Crippen LogP contribution >= 0.6 is 12.4 Å². The van der Waals surface area contributed by atoms with Crippen molar-refractivity contribution < 1.29 is 23.0 Å². The van der Waals surface area contributed by atoms with E-state index in [-0.39, 0.29) is 41.8 Å². The Bertz CT molecular complexity index is 663. The van der Waals surface area contributed by atoms with Gasteiger partial charge < -0.3 is 20.1 Å². The van der Waals surface area contributed by atoms with Crippen LogP contribution in [0.2, 0.25) is 0 Å². The summed E-state index contributed by atoms with van der Waals surface area (Å²) in [6.45, 7) is -2.60. The zero-order chi connectivity index (χ0) is 19.6. The first-order chi connectivity index (χ1) is 12.9. The van der Waals surface area contributed by atoms with E-state index in [1.54, 1.807) is 24.1 Å². The second-order valence-corrected chi connectivity index (χ2v) is 7.75. The normalized spacial score (nSPS) is 26.4. The molecule has 1 aromatic rings. The van der Waals surface area contributed by atoms with Crippen LogP contribution < -0.4 is 15.2 Å². The second-order valence-electron chi connectivity index (χ2n) is 7.75. The SMILES string of the molecule is COc1ccc(CN(C)C(=O)C2CC3CCCC(C2)C3N)cc1OC(F)F.Cl. The van der Waals surface area contributed by atoms with Gasteiger partial charge in [-0.05, 0) is 55.2 Å². The molecule has 0 spiro atoms. The second kappa shape index (κ2) is 9.74. The fourth-order valence-corrected chi connectivity index (χ4v) is 4.66. The number of hydrogen-bond donors (Lipinski definition) is 1. The minimum Gasteiger partial charge on any atom is -0.493 e. The molecule has 0 saturated heterocycles. The highest BCUT2D eigenvalue weighted by molar-refractivity contribution is 5.85. The predicted molar refractivity (Wildman–Crippen MR) is 105 cm³/mol. The molecule has 2 aliphatic rings. The van der Waals surface area contributed by atoms with Gasteiger partial charge in [-0.3, -0.25) is 4.79 Å². The standard InChI is InChI=1S/C20H28F2N2O3.ClH/c1-24(11-12-6-7-16(26-2)17(8-12)27-20(21)22)19(25)15-9-13-4-3-5-14(10-15)18(13)23;/h6-8,13-15,18,20H,3-5,9-11,23H2,1-2H3;1H. The molecule has 2 saturated carbocycles. The quantitative estimate of drug-likeness (QED) is 0.762. The first-order valence-corrected chi connectivity index (χ1v) is 9.51. The molecule has 8 heteroatoms. The fraction of sp³-hybridized carbons (Fsp3) is 0.650. The largest absolute Gasteiger partial charge is 0.493 e. The molecular formula is C20H29ClF2N2O3. The highest BCUT2D eigenvalue weighted by Crippen LogP contribution is 2.42. The van der Waals surface area contributed by atoms with Crippen molar-refractivity contribution in [2.24, 2.45) is 23.5 Å². The summed E-state index contributed by atoms with van der Waals surface area (Å²) in [5, 5.41) is 0. The first kappa shape index (κ1) is 22.7. The molecule has 2 aliphatic carbocycles. The summed E-state index contributed by atoms with van der Waals surface area (Å²) in [5.41, 5.74) is 7.04. The first-order valence-electron chi connectivity index (χ1n) is 9.51. The van der Waals surface area contributed by atoms with E-state index in [1.165, 1.54) is 19.6 Å². The van der Waals surface area contributed by atoms with Crippen molar-refractivity contribution in [3.05, 3.63) is 23.8 Å². The van der Waals surface area contributed by atoms with Crippen molar-refractivity contribution in [1.82, 2.24) is 4.90 Å². The average Bonchev–Trinajstić information content (AvgIpc) is 2.60. The van der Waals surface area contributed by atoms with E-state index in [0.29, 0.717) is 18.4 Å². The predicted octanol–water partition coefficient (Wildman–Crippen LogP) is 3.83. The molecular weight excluding hydrogens is 390 g/mol. The number of methoxy groups -OCH3 is 1. The van der Waals surface area contributed by atoms with E-state index in [9.17, 15) is 13.6 Å². The molecule has 2 unspecified atom stereocenters. The Morgan fingerprint density at radius 1 is 1.25 bits per heavy atom. The Balaban J connectivity index is 0.00000280. The van der Waals surface area contributed by atoms with Gasteiger partial charge in [-0.2, -0.15) is 8.78 Å². The summed E-state index contributed by atoms with van der Waals surface area (Å²) in [6.07, 6.45) is 5.13. The Morgan fingerprint density at radius 3 is 2.46 bits per heavy atom. The maximum absolute atomic E-state index is 12.9. The van der Waals surface area contributed by atoms with Crippen LogP contribution in [0.15, 0.2) is 18.2 Å². The van der Waals surface area contributed by atoms with E-state index in [0.717, 1.165) is 31.2 Å². The van der Waals surface area contributed by atoms with Crippen molar-refractivity contribution in [2.45, 2.75) is 51.3 Å². The van der Waals surface area contributed by atoms with Crippen molar-refractivity contribution in [3.8, 4) is 11.5 Å². The molecule has 1 amide bonds. The molecule has 2 bridgehead atoms. The van der Waals surface area contributed by atoms with Crippen LogP contribution in [0.25, 0.3) is 0 Å². The Morgan fingerprint density at radius 2 is 1.89 bits per heavy atom. The van der Waals surface area contributed by atoms with Gasteiger partial charge >= 0.3 is 6.61 Å². The molecule has 28 heavy (non-hydrogen) atoms. The molecule has 3 rings (SSSR count). The van der Waals surface area contributed by atoms with Crippen LogP contribution in [0.5, 0.6) is 11.5 Å². The number of fused-ring (bicyclic) bond motifs is 2. The maximum Gasteiger partial charge on any atom is 0.387 e. The molecule has 0 heterocycles. The summed E-state index contributed by atoms with van der Waals surface area (Å²) in [4.78, 5) is 14.6. The van der Waals surface area contributed by atoms with E-state index in [2.05, 4.69) is 4.74 Å². The van der Waals surface area contributed by atoms with Gasteiger partial charge in [0.15, 0.2) is 11.5 Å². The lowest BCUT2D eigenvalue weighted by Gasteiger charge is -2.44. The van der Waals surface area contributed by atoms with Gasteiger partial charge in [0, 0.05) is 25.6 Å². The monoisotopic (exact) mass is 418 g/mol. The van der Waals surface area contributed by atoms with Crippen molar-refractivity contribution >= 4 is 18.3 Å². The molecule has 0 radical (unpaired) electrons. The molecule has 1 aromatic carbocycles. The zero-order valence-corrected chi connectivity index (χ0v) is 17.1. The third kappa shape index (κ3) is 5.06. The van der Waals surface area contributed by atoms with Crippen molar-refractivity contribution in [1.29, 1.82) is 0 Å². The molecule has 0 aromatic heterocycles. The highest BCUT2D eigenvalue weighted by Gasteiger charge is 2.41. The lowest BCUT2D eigenvalue weighted by atomic mass is 9.65. The van der Waals surface area contributed by atoms with Crippen LogP contribution in [0.4, 0.5) is 8.78 Å². The Labute approximate surface area is 171 Å². The minimum absolute atomic E-state index is 0. The van der Waals surface area contributed by atoms with E-state index >= 15 is 0 Å². The summed E-state index contributed by atoms with van der Waals surface area (Å²) < 4.78 is 34.8. The lowest BCUT2D eigenvalue weighted by molar-refractivity contribution is -0.137. The number of benzene rings is 1. The van der Waals surface area contributed by atoms with Gasteiger partial charge in [0.1, 0.15) is 0 Å². The third-order valence-electron chi connectivity index (χ3n) is 6.00. The van der Waals surface area contributed by atoms with Crippen LogP contribution in [0.1, 0.15) is 37.7 Å². The average molecular weight is 419 g/mol. The number of carbonyl (C=O) groups excluding carboxylic acids is 1. The molecule has 0 aliphatic heterocycles. The van der Waals surface area contributed by atoms with Gasteiger partial charge in [-0.25, -0.2) is 0 Å². The van der Waals surface area contributed by atoms with Gasteiger partial charge in [-0.1, -0.05) is 12.5 Å². The van der Waals surface area contributed by atoms with Crippen LogP contribution in [-0.2, 0) is 11.3 Å². The number of carbonyl (C=O) groups is 1. The van der Waals surface area contributed by atoms with Crippen LogP contribution in [-0.4, -0.2) is 37.6 Å². The highest BCUT2D eigenvalue weighted by atomic mass is 35.5. The number of halogens is 3. The number of nitrogens with two attached hydrogens (primary N) is 1. The number of alkyl halides is 2. The molecule has 2 atom stereocenters. The summed E-state index contributed by atoms with van der Waals surface area (Å²) in [6, 6.07) is 5.06. The molecule has 2 fully saturated rings. The van der Waals surface area contributed by atoms with Gasteiger partial charge in [0.05, 0.1) is 7.11 Å². The molecule has 5 nitrogen and oxygen atoms in total. The van der Waals surface area contributed by atoms with Crippen LogP contribution in [0.3, 0.4) is 0 Å². The Kier molecular flexibility index (Phi) is 7.89. The summed E-state index contributed by atoms with van der Waals surface area (Å²) in [7, 11) is 3.15. The van der Waals surface area contributed by atoms with Crippen molar-refractivity contribution in [3.63, 3.8) is 0 Å². The topological polar surface area (TPSA) is 64.8 Å². The maximum atomic E-state index is 12.9. The van der Waals surface area contributed by atoms with E-state index in [4.69, 9.17) is 10.5 Å². The van der Waals surface area contributed by atoms with Gasteiger partial charge in [0.25, 0.3) is 0 Å². The number of ether oxygens (including phenoxy) is 2. The lowest BCUT2D eigenvalue weighted by Crippen LogP contribution is -2.49. The summed E-state index contributed by atoms with van der Waals surface area (Å²) >= 11 is 0. The fourth-order valence-electron chi connectivity index (χ4n) is 4.66. The summed E-state index contributed by atoms with van der Waals surface area (Å²) in [5.74, 6) is 1.19. The smallest absolute Gasteiger partial charge is 0.387 e. The van der Waals surface area contributed by atoms with Gasteiger partial charge in [-0.15, -0.1) is 12.4 Å². The van der Waals surface area contributed by atoms with Gasteiger partial charge in [0.2, 0.25) is 5.91 Å². The van der Waals surface area contributed by atoms with E-state index in [1.807, 2.05) is 0 Å². The minimum atomic E-state index is -2.93. The number of amides is 1.